The van der Waals surface area contributed by atoms with Crippen molar-refractivity contribution in [1.82, 2.24) is 14.3 Å². The summed E-state index contributed by atoms with van der Waals surface area (Å²) >= 11 is 1.44. The molecule has 0 radical (unpaired) electrons. The topological polar surface area (TPSA) is 64.8 Å². The molecule has 1 aliphatic heterocycles. The van der Waals surface area contributed by atoms with Crippen molar-refractivity contribution >= 4 is 16.7 Å². The minimum atomic E-state index is 0.475. The maximum absolute atomic E-state index is 8.63. The van der Waals surface area contributed by atoms with Gasteiger partial charge in [-0.3, -0.25) is 4.90 Å². The molecule has 0 saturated carbocycles. The second kappa shape index (κ2) is 5.94. The maximum atomic E-state index is 8.63. The smallest absolute Gasteiger partial charge is 0.202 e. The lowest BCUT2D eigenvalue weighted by Crippen LogP contribution is -2.39. The van der Waals surface area contributed by atoms with Crippen LogP contribution in [0.1, 0.15) is 25.6 Å². The normalized spacial score (nSPS) is 17.9. The maximum Gasteiger partial charge on any atom is 0.202 e. The fourth-order valence-electron chi connectivity index (χ4n) is 1.97. The van der Waals surface area contributed by atoms with Gasteiger partial charge in [-0.2, -0.15) is 9.64 Å². The van der Waals surface area contributed by atoms with Gasteiger partial charge in [-0.15, -0.1) is 0 Å². The quantitative estimate of drug-likeness (QED) is 0.822. The predicted octanol–water partition coefficient (Wildman–Crippen LogP) is 1.50. The van der Waals surface area contributed by atoms with E-state index in [-0.39, 0.29) is 0 Å². The van der Waals surface area contributed by atoms with Crippen LogP contribution in [0.5, 0.6) is 0 Å². The van der Waals surface area contributed by atoms with Crippen LogP contribution in [0.4, 0.5) is 5.13 Å². The molecule has 2 heterocycles. The Morgan fingerprint density at radius 2 is 2.29 bits per heavy atom. The van der Waals surface area contributed by atoms with Crippen LogP contribution in [0.25, 0.3) is 0 Å². The Bertz CT molecular complexity index is 389. The van der Waals surface area contributed by atoms with Gasteiger partial charge in [-0.25, -0.2) is 4.98 Å². The molecule has 0 bridgehead atoms. The number of piperidine rings is 1. The summed E-state index contributed by atoms with van der Waals surface area (Å²) in [5, 5.41) is 13.0. The Morgan fingerprint density at radius 1 is 1.53 bits per heavy atom. The molecular weight excluding hydrogens is 234 g/mol. The van der Waals surface area contributed by atoms with Gasteiger partial charge in [0.25, 0.3) is 0 Å². The molecule has 0 amide bonds. The highest BCUT2D eigenvalue weighted by Gasteiger charge is 2.19. The monoisotopic (exact) mass is 251 g/mol. The first-order chi connectivity index (χ1) is 8.31. The number of aromatic nitrogens is 2. The lowest BCUT2D eigenvalue weighted by Gasteiger charge is -2.30. The number of likely N-dealkylation sites (tertiary alicyclic amines) is 1. The van der Waals surface area contributed by atoms with Crippen LogP contribution in [-0.4, -0.2) is 39.9 Å². The summed E-state index contributed by atoms with van der Waals surface area (Å²) in [6, 6.07) is 2.67. The zero-order valence-corrected chi connectivity index (χ0v) is 10.8. The van der Waals surface area contributed by atoms with E-state index in [1.165, 1.54) is 11.5 Å². The molecule has 6 heteroatoms. The van der Waals surface area contributed by atoms with E-state index in [1.54, 1.807) is 0 Å². The van der Waals surface area contributed by atoms with Crippen LogP contribution in [0, 0.1) is 11.3 Å². The van der Waals surface area contributed by atoms with Crippen molar-refractivity contribution in [3.8, 4) is 6.07 Å². The first-order valence-electron chi connectivity index (χ1n) is 6.00. The van der Waals surface area contributed by atoms with E-state index in [2.05, 4.69) is 32.6 Å². The average Bonchev–Trinajstić information content (AvgIpc) is 2.80. The molecule has 0 spiro atoms. The number of hydrogen-bond donors (Lipinski definition) is 1. The van der Waals surface area contributed by atoms with Gasteiger partial charge in [0.05, 0.1) is 12.6 Å². The highest BCUT2D eigenvalue weighted by Crippen LogP contribution is 2.18. The second-order valence-electron chi connectivity index (χ2n) is 4.22. The van der Waals surface area contributed by atoms with E-state index in [9.17, 15) is 0 Å². The number of nitrogens with one attached hydrogen (secondary N) is 1. The van der Waals surface area contributed by atoms with E-state index in [4.69, 9.17) is 5.26 Å². The molecule has 0 aliphatic carbocycles. The molecule has 1 aromatic rings. The van der Waals surface area contributed by atoms with Crippen LogP contribution in [0.2, 0.25) is 0 Å². The molecule has 92 valence electrons. The number of aryl methyl sites for hydroxylation is 1. The van der Waals surface area contributed by atoms with Gasteiger partial charge in [0.1, 0.15) is 5.82 Å². The lowest BCUT2D eigenvalue weighted by atomic mass is 10.1. The highest BCUT2D eigenvalue weighted by atomic mass is 32.1. The Kier molecular flexibility index (Phi) is 4.29. The molecule has 5 nitrogen and oxygen atoms in total. The zero-order chi connectivity index (χ0) is 12.1. The van der Waals surface area contributed by atoms with E-state index in [1.807, 2.05) is 0 Å². The molecule has 2 rings (SSSR count). The van der Waals surface area contributed by atoms with Crippen LogP contribution < -0.4 is 5.32 Å². The minimum Gasteiger partial charge on any atom is -0.357 e. The van der Waals surface area contributed by atoms with E-state index < -0.39 is 0 Å². The average molecular weight is 251 g/mol. The summed E-state index contributed by atoms with van der Waals surface area (Å²) in [6.07, 6.45) is 3.03. The van der Waals surface area contributed by atoms with Crippen molar-refractivity contribution in [2.24, 2.45) is 0 Å². The van der Waals surface area contributed by atoms with Crippen molar-refractivity contribution in [1.29, 1.82) is 5.26 Å². The second-order valence-corrected chi connectivity index (χ2v) is 4.97. The molecule has 0 unspecified atom stereocenters. The summed E-state index contributed by atoms with van der Waals surface area (Å²) in [7, 11) is 0. The molecule has 17 heavy (non-hydrogen) atoms. The largest absolute Gasteiger partial charge is 0.357 e. The standard InChI is InChI=1S/C11H17N5S/c1-2-10-14-11(17-15-10)13-9-3-6-16(7-4-9)8-5-12/h9H,2-4,6-8H2,1H3,(H,13,14,15). The predicted molar refractivity (Wildman–Crippen MR) is 68.0 cm³/mol. The fraction of sp³-hybridized carbons (Fsp3) is 0.727. The Balaban J connectivity index is 1.80. The van der Waals surface area contributed by atoms with Gasteiger partial charge in [0.15, 0.2) is 0 Å². The minimum absolute atomic E-state index is 0.475. The number of nitriles is 1. The zero-order valence-electron chi connectivity index (χ0n) is 10.0. The number of nitrogens with zero attached hydrogens (tertiary/aromatic N) is 4. The van der Waals surface area contributed by atoms with Gasteiger partial charge < -0.3 is 5.32 Å². The molecule has 0 atom stereocenters. The molecule has 1 aromatic heterocycles. The summed E-state index contributed by atoms with van der Waals surface area (Å²) in [6.45, 7) is 4.59. The third kappa shape index (κ3) is 3.38. The Hall–Kier alpha value is -1.19. The third-order valence-corrected chi connectivity index (χ3v) is 3.68. The molecule has 0 aromatic carbocycles. The van der Waals surface area contributed by atoms with Crippen molar-refractivity contribution in [3.63, 3.8) is 0 Å². The Morgan fingerprint density at radius 3 is 2.88 bits per heavy atom. The van der Waals surface area contributed by atoms with Crippen LogP contribution in [-0.2, 0) is 6.42 Å². The highest BCUT2D eigenvalue weighted by molar-refractivity contribution is 7.09. The summed E-state index contributed by atoms with van der Waals surface area (Å²) in [5.41, 5.74) is 0. The summed E-state index contributed by atoms with van der Waals surface area (Å²) in [4.78, 5) is 6.60. The van der Waals surface area contributed by atoms with Crippen LogP contribution in [0.15, 0.2) is 0 Å². The van der Waals surface area contributed by atoms with Gasteiger partial charge in [-0.05, 0) is 12.8 Å². The first-order valence-corrected chi connectivity index (χ1v) is 6.77. The van der Waals surface area contributed by atoms with Crippen molar-refractivity contribution in [3.05, 3.63) is 5.82 Å². The third-order valence-electron chi connectivity index (χ3n) is 2.99. The molecule has 1 aliphatic rings. The van der Waals surface area contributed by atoms with Gasteiger partial charge in [0, 0.05) is 37.1 Å². The lowest BCUT2D eigenvalue weighted by molar-refractivity contribution is 0.242. The van der Waals surface area contributed by atoms with Crippen molar-refractivity contribution in [2.75, 3.05) is 25.0 Å². The molecular formula is C11H17N5S. The van der Waals surface area contributed by atoms with Gasteiger partial charge in [0.2, 0.25) is 5.13 Å². The van der Waals surface area contributed by atoms with Gasteiger partial charge in [-0.1, -0.05) is 6.92 Å². The van der Waals surface area contributed by atoms with E-state index in [0.29, 0.717) is 12.6 Å². The van der Waals surface area contributed by atoms with E-state index in [0.717, 1.165) is 43.3 Å². The summed E-state index contributed by atoms with van der Waals surface area (Å²) < 4.78 is 4.26. The van der Waals surface area contributed by atoms with Crippen molar-refractivity contribution < 1.29 is 0 Å². The van der Waals surface area contributed by atoms with Crippen molar-refractivity contribution in [2.45, 2.75) is 32.2 Å². The number of hydrogen-bond acceptors (Lipinski definition) is 6. The molecule has 1 N–H and O–H groups in total. The molecule has 1 saturated heterocycles. The number of rotatable bonds is 4. The van der Waals surface area contributed by atoms with Crippen LogP contribution in [0.3, 0.4) is 0 Å². The van der Waals surface area contributed by atoms with E-state index >= 15 is 0 Å². The van der Waals surface area contributed by atoms with Crippen LogP contribution >= 0.6 is 11.5 Å². The Labute approximate surface area is 106 Å². The number of anilines is 1. The first kappa shape index (κ1) is 12.3. The SMILES string of the molecule is CCc1nsc(NC2CCN(CC#N)CC2)n1. The summed E-state index contributed by atoms with van der Waals surface area (Å²) in [5.74, 6) is 0.916. The molecule has 1 fully saturated rings. The fourth-order valence-corrected chi connectivity index (χ4v) is 2.69. The van der Waals surface area contributed by atoms with Gasteiger partial charge >= 0.3 is 0 Å².